The van der Waals surface area contributed by atoms with E-state index in [4.69, 9.17) is 10.2 Å². The van der Waals surface area contributed by atoms with Gasteiger partial charge in [-0.2, -0.15) is 0 Å². The average Bonchev–Trinajstić information content (AvgIpc) is 3.48. The molecule has 0 saturated heterocycles. The summed E-state index contributed by atoms with van der Waals surface area (Å²) in [4.78, 5) is 8.90. The van der Waals surface area contributed by atoms with Gasteiger partial charge in [-0.15, -0.1) is 0 Å². The molecule has 6 rings (SSSR count). The number of hydrogen-bond donors (Lipinski definition) is 0. The fraction of sp³-hybridized carbons (Fsp3) is 0.324. The molecule has 0 fully saturated rings. The number of furan rings is 1. The van der Waals surface area contributed by atoms with E-state index in [0.717, 1.165) is 33.3 Å². The number of nitrogens with zero attached hydrogens (tertiary/aromatic N) is 3. The van der Waals surface area contributed by atoms with E-state index in [1.54, 1.807) is 6.20 Å². The van der Waals surface area contributed by atoms with Crippen molar-refractivity contribution in [3.63, 3.8) is 0 Å². The minimum atomic E-state index is -0.148. The Kier molecular flexibility index (Phi) is 5.76. The fourth-order valence-corrected chi connectivity index (χ4v) is 5.71. The van der Waals surface area contributed by atoms with Crippen molar-refractivity contribution in [2.24, 2.45) is 7.05 Å². The molecule has 0 unspecified atom stereocenters. The van der Waals surface area contributed by atoms with Gasteiger partial charge in [0.25, 0.3) is 0 Å². The lowest BCUT2D eigenvalue weighted by atomic mass is 9.81. The Hall–Kier alpha value is -3.99. The van der Waals surface area contributed by atoms with Crippen molar-refractivity contribution in [1.29, 1.82) is 0 Å². The second-order valence-electron chi connectivity index (χ2n) is 11.6. The molecule has 0 atom stereocenters. The van der Waals surface area contributed by atoms with E-state index in [1.165, 1.54) is 27.8 Å². The van der Waals surface area contributed by atoms with Crippen LogP contribution in [0.5, 0.6) is 0 Å². The molecule has 0 aliphatic rings. The zero-order chi connectivity index (χ0) is 28.5. The van der Waals surface area contributed by atoms with E-state index < -0.39 is 0 Å². The molecule has 0 N–H and O–H groups in total. The van der Waals surface area contributed by atoms with Crippen molar-refractivity contribution in [3.8, 4) is 22.4 Å². The van der Waals surface area contributed by atoms with Crippen molar-refractivity contribution >= 4 is 33.2 Å². The molecular formula is C34H36N3O2+. The Bertz CT molecular complexity index is 1900. The van der Waals surface area contributed by atoms with Gasteiger partial charge in [0.2, 0.25) is 5.69 Å². The quantitative estimate of drug-likeness (QED) is 0.213. The van der Waals surface area contributed by atoms with Gasteiger partial charge < -0.3 is 8.83 Å². The van der Waals surface area contributed by atoms with Crippen molar-refractivity contribution in [1.82, 2.24) is 9.97 Å². The first-order valence-electron chi connectivity index (χ1n) is 14.3. The van der Waals surface area contributed by atoms with Gasteiger partial charge in [0.1, 0.15) is 13.9 Å². The lowest BCUT2D eigenvalue weighted by Crippen LogP contribution is -2.30. The zero-order valence-electron chi connectivity index (χ0n) is 25.0. The third-order valence-corrected chi connectivity index (χ3v) is 7.94. The molecule has 5 nitrogen and oxygen atoms in total. The van der Waals surface area contributed by atoms with Crippen LogP contribution in [0.4, 0.5) is 0 Å². The second kappa shape index (κ2) is 9.33. The predicted molar refractivity (Wildman–Crippen MR) is 158 cm³/mol. The molecule has 0 aliphatic carbocycles. The van der Waals surface area contributed by atoms with E-state index in [0.29, 0.717) is 34.4 Å². The molecule has 0 aliphatic heterocycles. The van der Waals surface area contributed by atoms with Crippen molar-refractivity contribution in [2.45, 2.75) is 66.2 Å². The van der Waals surface area contributed by atoms with Crippen molar-refractivity contribution < 1.29 is 14.8 Å². The number of fused-ring (bicyclic) bond motifs is 5. The van der Waals surface area contributed by atoms with Gasteiger partial charge in [-0.1, -0.05) is 59.7 Å². The highest BCUT2D eigenvalue weighted by Crippen LogP contribution is 2.42. The smallest absolute Gasteiger partial charge is 0.216 e. The van der Waals surface area contributed by atoms with Gasteiger partial charge in [-0.25, -0.2) is 14.5 Å². The summed E-state index contributed by atoms with van der Waals surface area (Å²) >= 11 is 0. The number of oxazole rings is 1. The molecule has 5 heteroatoms. The summed E-state index contributed by atoms with van der Waals surface area (Å²) in [5.74, 6) is 1.25. The molecule has 4 aromatic heterocycles. The van der Waals surface area contributed by atoms with E-state index in [-0.39, 0.29) is 6.37 Å². The summed E-state index contributed by atoms with van der Waals surface area (Å²) < 4.78 is 22.0. The average molecular weight is 520 g/mol. The number of hydrogen-bond acceptors (Lipinski definition) is 4. The largest absolute Gasteiger partial charge is 0.451 e. The minimum Gasteiger partial charge on any atom is -0.451 e. The summed E-state index contributed by atoms with van der Waals surface area (Å²) in [6.45, 7) is 15.8. The molecule has 0 amide bonds. The highest BCUT2D eigenvalue weighted by atomic mass is 16.3. The van der Waals surface area contributed by atoms with Gasteiger partial charge in [0.05, 0.1) is 11.8 Å². The Morgan fingerprint density at radius 2 is 1.54 bits per heavy atom. The van der Waals surface area contributed by atoms with Gasteiger partial charge in [-0.05, 0) is 64.1 Å². The summed E-state index contributed by atoms with van der Waals surface area (Å²) in [6, 6.07) is 13.5. The summed E-state index contributed by atoms with van der Waals surface area (Å²) in [7, 11) is 2.08. The van der Waals surface area contributed by atoms with Gasteiger partial charge in [0, 0.05) is 17.5 Å². The SMILES string of the molecule is [2H]c1nc2c(cnc3c4ccc(C)c(-c5cc(-c6c(C(C)C)cc(C(C)C)cc6C(C)C)cc[n+]5C)c4oc23)o1. The Labute approximate surface area is 230 Å². The standard InChI is InChI=1S/C34H36N3O2/c1-18(2)23-13-25(19(3)4)30(26(14-23)20(5)6)22-11-12-37(8)27(15-22)29-21(7)9-10-24-31-34(39-33(24)29)32-28(16-35-31)38-17-36-32/h9-20H,1-8H3/q+1/i17D. The number of aryl methyl sites for hydroxylation is 2. The van der Waals surface area contributed by atoms with Crippen LogP contribution in [0.2, 0.25) is 0 Å². The van der Waals surface area contributed by atoms with E-state index in [9.17, 15) is 0 Å². The summed E-state index contributed by atoms with van der Waals surface area (Å²) in [6.07, 6.45) is 3.63. The van der Waals surface area contributed by atoms with Crippen LogP contribution in [0.1, 0.15) is 82.9 Å². The zero-order valence-corrected chi connectivity index (χ0v) is 24.0. The van der Waals surface area contributed by atoms with Gasteiger partial charge >= 0.3 is 0 Å². The number of rotatable bonds is 5. The highest BCUT2D eigenvalue weighted by molar-refractivity contribution is 6.13. The Balaban J connectivity index is 1.64. The maximum absolute atomic E-state index is 7.86. The molecule has 0 radical (unpaired) electrons. The first-order chi connectivity index (χ1) is 19.0. The van der Waals surface area contributed by atoms with Crippen LogP contribution in [0.3, 0.4) is 0 Å². The second-order valence-corrected chi connectivity index (χ2v) is 11.6. The molecule has 0 saturated carbocycles. The van der Waals surface area contributed by atoms with Crippen molar-refractivity contribution in [3.05, 3.63) is 77.4 Å². The first kappa shape index (κ1) is 24.1. The Morgan fingerprint density at radius 3 is 2.21 bits per heavy atom. The maximum atomic E-state index is 7.86. The number of aromatic nitrogens is 3. The molecule has 0 bridgehead atoms. The van der Waals surface area contributed by atoms with Crippen LogP contribution >= 0.6 is 0 Å². The van der Waals surface area contributed by atoms with Crippen LogP contribution in [0, 0.1) is 6.92 Å². The lowest BCUT2D eigenvalue weighted by molar-refractivity contribution is -0.660. The predicted octanol–water partition coefficient (Wildman–Crippen LogP) is 8.96. The first-order valence-corrected chi connectivity index (χ1v) is 13.8. The third kappa shape index (κ3) is 4.03. The maximum Gasteiger partial charge on any atom is 0.216 e. The Morgan fingerprint density at radius 1 is 0.821 bits per heavy atom. The van der Waals surface area contributed by atoms with Crippen LogP contribution in [0.25, 0.3) is 55.6 Å². The number of pyridine rings is 2. The van der Waals surface area contributed by atoms with Crippen molar-refractivity contribution in [2.75, 3.05) is 0 Å². The van der Waals surface area contributed by atoms with Crippen LogP contribution in [-0.2, 0) is 7.05 Å². The van der Waals surface area contributed by atoms with Crippen LogP contribution < -0.4 is 4.57 Å². The van der Waals surface area contributed by atoms with E-state index in [2.05, 4.69) is 113 Å². The molecule has 6 aromatic rings. The third-order valence-electron chi connectivity index (χ3n) is 7.94. The van der Waals surface area contributed by atoms with Gasteiger partial charge in [0.15, 0.2) is 34.8 Å². The lowest BCUT2D eigenvalue weighted by Gasteiger charge is -2.23. The molecule has 39 heavy (non-hydrogen) atoms. The number of benzene rings is 2. The normalized spacial score (nSPS) is 12.6. The monoisotopic (exact) mass is 519 g/mol. The summed E-state index contributed by atoms with van der Waals surface area (Å²) in [5, 5.41) is 0.921. The molecule has 0 spiro atoms. The highest BCUT2D eigenvalue weighted by Gasteiger charge is 2.25. The molecular weight excluding hydrogens is 482 g/mol. The van der Waals surface area contributed by atoms with E-state index >= 15 is 0 Å². The topological polar surface area (TPSA) is 55.9 Å². The van der Waals surface area contributed by atoms with Gasteiger partial charge in [-0.3, -0.25) is 0 Å². The van der Waals surface area contributed by atoms with Crippen LogP contribution in [-0.4, -0.2) is 9.97 Å². The molecule has 2 aromatic carbocycles. The molecule has 198 valence electrons. The van der Waals surface area contributed by atoms with Crippen LogP contribution in [0.15, 0.2) is 64.0 Å². The summed E-state index contributed by atoms with van der Waals surface area (Å²) in [5.41, 5.74) is 12.9. The fourth-order valence-electron chi connectivity index (χ4n) is 5.71. The molecule has 4 heterocycles. The minimum absolute atomic E-state index is 0.148. The van der Waals surface area contributed by atoms with E-state index in [1.807, 2.05) is 0 Å².